The van der Waals surface area contributed by atoms with Crippen molar-refractivity contribution in [1.82, 2.24) is 0 Å². The van der Waals surface area contributed by atoms with Crippen molar-refractivity contribution in [1.29, 1.82) is 0 Å². The molecule has 0 N–H and O–H groups in total. The van der Waals surface area contributed by atoms with Crippen LogP contribution in [-0.2, 0) is 0 Å². The molecule has 0 aromatic heterocycles. The molecule has 0 aliphatic heterocycles. The quantitative estimate of drug-likeness (QED) is 0.750. The van der Waals surface area contributed by atoms with Gasteiger partial charge in [0.15, 0.2) is 5.78 Å². The van der Waals surface area contributed by atoms with Crippen LogP contribution >= 0.6 is 11.6 Å². The van der Waals surface area contributed by atoms with Gasteiger partial charge in [0.2, 0.25) is 0 Å². The highest BCUT2D eigenvalue weighted by Gasteiger charge is 2.19. The fourth-order valence-electron chi connectivity index (χ4n) is 2.33. The lowest BCUT2D eigenvalue weighted by molar-refractivity contribution is 0.101. The summed E-state index contributed by atoms with van der Waals surface area (Å²) in [6.45, 7) is 3.43. The van der Waals surface area contributed by atoms with Gasteiger partial charge in [0, 0.05) is 23.3 Å². The maximum atomic E-state index is 13.4. The minimum Gasteiger partial charge on any atom is -0.367 e. The van der Waals surface area contributed by atoms with E-state index in [-0.39, 0.29) is 11.8 Å². The van der Waals surface area contributed by atoms with E-state index in [1.807, 2.05) is 43.1 Å². The van der Waals surface area contributed by atoms with Crippen molar-refractivity contribution in [3.05, 3.63) is 64.4 Å². The number of Topliss-reactive ketones (excluding diaryl/α,β-unsaturated/α-hetero) is 1. The second kappa shape index (κ2) is 6.27. The number of rotatable bonds is 4. The topological polar surface area (TPSA) is 20.3 Å². The van der Waals surface area contributed by atoms with Crippen molar-refractivity contribution in [2.75, 3.05) is 11.9 Å². The Hall–Kier alpha value is -1.87. The molecule has 4 heteroatoms. The van der Waals surface area contributed by atoms with E-state index < -0.39 is 5.82 Å². The van der Waals surface area contributed by atoms with Gasteiger partial charge in [-0.05, 0) is 43.7 Å². The second-order valence-corrected chi connectivity index (χ2v) is 5.43. The molecule has 0 amide bonds. The minimum absolute atomic E-state index is 0.0396. The summed E-state index contributed by atoms with van der Waals surface area (Å²) >= 11 is 6.22. The first-order chi connectivity index (χ1) is 9.91. The molecule has 21 heavy (non-hydrogen) atoms. The van der Waals surface area contributed by atoms with Crippen LogP contribution in [0.1, 0.15) is 35.8 Å². The molecule has 0 bridgehead atoms. The Bertz CT molecular complexity index is 672. The third kappa shape index (κ3) is 3.24. The molecule has 0 saturated carbocycles. The van der Waals surface area contributed by atoms with Crippen molar-refractivity contribution >= 4 is 23.1 Å². The third-order valence-corrected chi connectivity index (χ3v) is 4.00. The molecule has 110 valence electrons. The Morgan fingerprint density at radius 2 is 1.90 bits per heavy atom. The lowest BCUT2D eigenvalue weighted by atomic mass is 10.0. The first-order valence-corrected chi connectivity index (χ1v) is 7.07. The summed E-state index contributed by atoms with van der Waals surface area (Å²) in [7, 11) is 1.87. The number of hydrogen-bond donors (Lipinski definition) is 0. The van der Waals surface area contributed by atoms with Crippen molar-refractivity contribution in [3.63, 3.8) is 0 Å². The summed E-state index contributed by atoms with van der Waals surface area (Å²) in [6.07, 6.45) is 0. The van der Waals surface area contributed by atoms with Crippen LogP contribution in [0.4, 0.5) is 10.1 Å². The Morgan fingerprint density at radius 1 is 1.24 bits per heavy atom. The van der Waals surface area contributed by atoms with Crippen molar-refractivity contribution < 1.29 is 9.18 Å². The Labute approximate surface area is 129 Å². The number of anilines is 1. The van der Waals surface area contributed by atoms with E-state index in [1.165, 1.54) is 19.1 Å². The van der Waals surface area contributed by atoms with E-state index >= 15 is 0 Å². The van der Waals surface area contributed by atoms with Crippen LogP contribution < -0.4 is 4.90 Å². The maximum absolute atomic E-state index is 13.4. The fourth-order valence-corrected chi connectivity index (χ4v) is 2.62. The number of nitrogens with zero attached hydrogens (tertiary/aromatic N) is 1. The molecule has 0 saturated heterocycles. The molecule has 0 fully saturated rings. The molecule has 2 aromatic rings. The highest BCUT2D eigenvalue weighted by atomic mass is 35.5. The average Bonchev–Trinajstić information content (AvgIpc) is 2.46. The summed E-state index contributed by atoms with van der Waals surface area (Å²) in [5, 5.41) is 0.670. The van der Waals surface area contributed by atoms with Crippen LogP contribution in [0.5, 0.6) is 0 Å². The lowest BCUT2D eigenvalue weighted by Crippen LogP contribution is -2.23. The number of benzene rings is 2. The Kier molecular flexibility index (Phi) is 4.63. The standard InChI is InChI=1S/C17H17ClFNO/c1-11(14-6-4-5-7-16(14)18)20(3)17-9-8-13(19)10-15(17)12(2)21/h4-11H,1-3H3. The molecule has 2 rings (SSSR count). The van der Waals surface area contributed by atoms with Gasteiger partial charge in [-0.15, -0.1) is 0 Å². The van der Waals surface area contributed by atoms with Gasteiger partial charge in [-0.25, -0.2) is 4.39 Å². The molecule has 1 unspecified atom stereocenters. The van der Waals surface area contributed by atoms with Crippen LogP contribution in [0.3, 0.4) is 0 Å². The Balaban J connectivity index is 2.43. The van der Waals surface area contributed by atoms with Gasteiger partial charge in [0.25, 0.3) is 0 Å². The molecule has 0 heterocycles. The Morgan fingerprint density at radius 3 is 2.52 bits per heavy atom. The summed E-state index contributed by atoms with van der Waals surface area (Å²) in [5.41, 5.74) is 2.02. The third-order valence-electron chi connectivity index (χ3n) is 3.65. The summed E-state index contributed by atoms with van der Waals surface area (Å²) in [6, 6.07) is 11.8. The molecule has 0 spiro atoms. The first-order valence-electron chi connectivity index (χ1n) is 6.69. The first kappa shape index (κ1) is 15.5. The summed E-state index contributed by atoms with van der Waals surface area (Å²) in [4.78, 5) is 13.7. The number of hydrogen-bond acceptors (Lipinski definition) is 2. The van der Waals surface area contributed by atoms with Gasteiger partial charge in [-0.3, -0.25) is 4.79 Å². The molecular weight excluding hydrogens is 289 g/mol. The van der Waals surface area contributed by atoms with Gasteiger partial charge in [0.1, 0.15) is 5.82 Å². The van der Waals surface area contributed by atoms with Crippen LogP contribution in [0, 0.1) is 5.82 Å². The zero-order valence-corrected chi connectivity index (χ0v) is 13.0. The minimum atomic E-state index is -0.414. The van der Waals surface area contributed by atoms with Crippen LogP contribution in [-0.4, -0.2) is 12.8 Å². The smallest absolute Gasteiger partial charge is 0.161 e. The van der Waals surface area contributed by atoms with Gasteiger partial charge in [-0.2, -0.15) is 0 Å². The highest BCUT2D eigenvalue weighted by Crippen LogP contribution is 2.32. The number of carbonyl (C=O) groups excluding carboxylic acids is 1. The van der Waals surface area contributed by atoms with Crippen molar-refractivity contribution in [2.45, 2.75) is 19.9 Å². The second-order valence-electron chi connectivity index (χ2n) is 5.03. The molecule has 2 aromatic carbocycles. The van der Waals surface area contributed by atoms with Gasteiger partial charge < -0.3 is 4.90 Å². The highest BCUT2D eigenvalue weighted by molar-refractivity contribution is 6.31. The monoisotopic (exact) mass is 305 g/mol. The van der Waals surface area contributed by atoms with E-state index in [4.69, 9.17) is 11.6 Å². The van der Waals surface area contributed by atoms with Gasteiger partial charge in [0.05, 0.1) is 6.04 Å². The van der Waals surface area contributed by atoms with E-state index in [1.54, 1.807) is 6.07 Å². The SMILES string of the molecule is CC(=O)c1cc(F)ccc1N(C)C(C)c1ccccc1Cl. The van der Waals surface area contributed by atoms with E-state index in [9.17, 15) is 9.18 Å². The van der Waals surface area contributed by atoms with Gasteiger partial charge >= 0.3 is 0 Å². The van der Waals surface area contributed by atoms with E-state index in [0.717, 1.165) is 5.56 Å². The molecule has 0 aliphatic rings. The molecular formula is C17H17ClFNO. The zero-order chi connectivity index (χ0) is 15.6. The average molecular weight is 306 g/mol. The number of carbonyl (C=O) groups is 1. The van der Waals surface area contributed by atoms with Gasteiger partial charge in [-0.1, -0.05) is 29.8 Å². The van der Waals surface area contributed by atoms with Crippen molar-refractivity contribution in [3.8, 4) is 0 Å². The zero-order valence-electron chi connectivity index (χ0n) is 12.2. The fraction of sp³-hybridized carbons (Fsp3) is 0.235. The normalized spacial score (nSPS) is 12.0. The maximum Gasteiger partial charge on any atom is 0.161 e. The summed E-state index contributed by atoms with van der Waals surface area (Å²) in [5.74, 6) is -0.578. The van der Waals surface area contributed by atoms with E-state index in [2.05, 4.69) is 0 Å². The largest absolute Gasteiger partial charge is 0.367 e. The number of halogens is 2. The predicted octanol–water partition coefficient (Wildman–Crippen LogP) is 4.88. The van der Waals surface area contributed by atoms with Crippen LogP contribution in [0.15, 0.2) is 42.5 Å². The van der Waals surface area contributed by atoms with Crippen molar-refractivity contribution in [2.24, 2.45) is 0 Å². The molecule has 1 atom stereocenters. The van der Waals surface area contributed by atoms with Crippen LogP contribution in [0.25, 0.3) is 0 Å². The molecule has 2 nitrogen and oxygen atoms in total. The predicted molar refractivity (Wildman–Crippen MR) is 84.7 cm³/mol. The van der Waals surface area contributed by atoms with Crippen LogP contribution in [0.2, 0.25) is 5.02 Å². The summed E-state index contributed by atoms with van der Waals surface area (Å²) < 4.78 is 13.4. The number of ketones is 1. The van der Waals surface area contributed by atoms with E-state index in [0.29, 0.717) is 16.3 Å². The molecule has 0 radical (unpaired) electrons. The molecule has 0 aliphatic carbocycles. The lowest BCUT2D eigenvalue weighted by Gasteiger charge is -2.29.